The third kappa shape index (κ3) is 9.75. The van der Waals surface area contributed by atoms with E-state index < -0.39 is 60.2 Å². The first kappa shape index (κ1) is 44.1. The molecule has 2 aliphatic rings. The molecule has 62 heavy (non-hydrogen) atoms. The number of hydrogen-bond donors (Lipinski definition) is 0. The van der Waals surface area contributed by atoms with Gasteiger partial charge in [-0.3, -0.25) is 0 Å². The van der Waals surface area contributed by atoms with Crippen LogP contribution in [-0.2, 0) is 28.5 Å². The smallest absolute Gasteiger partial charge is 0.347 e. The van der Waals surface area contributed by atoms with E-state index in [4.69, 9.17) is 52.1 Å². The third-order valence-electron chi connectivity index (χ3n) is 9.57. The van der Waals surface area contributed by atoms with Crippen molar-refractivity contribution in [1.29, 1.82) is 0 Å². The number of carbonyl (C=O) groups excluding carboxylic acids is 6. The quantitative estimate of drug-likeness (QED) is 0.0823. The van der Waals surface area contributed by atoms with Gasteiger partial charge < -0.3 is 52.1 Å². The molecule has 0 unspecified atom stereocenters. The Morgan fingerprint density at radius 1 is 0.516 bits per heavy atom. The summed E-state index contributed by atoms with van der Waals surface area (Å²) in [4.78, 5) is 76.1. The summed E-state index contributed by atoms with van der Waals surface area (Å²) in [5.74, 6) is -3.66. The minimum atomic E-state index is -0.881. The molecule has 4 aromatic rings. The molecule has 0 aromatic heterocycles. The molecule has 0 bridgehead atoms. The van der Waals surface area contributed by atoms with Gasteiger partial charge in [0, 0.05) is 30.4 Å². The van der Waals surface area contributed by atoms with E-state index in [1.807, 2.05) is 0 Å². The second kappa shape index (κ2) is 19.3. The van der Waals surface area contributed by atoms with Gasteiger partial charge in [-0.25, -0.2) is 28.8 Å². The number of rotatable bonds is 15. The number of hydrogen-bond acceptors (Lipinski definition) is 17. The van der Waals surface area contributed by atoms with Crippen LogP contribution in [0.4, 0.5) is 0 Å². The highest BCUT2D eigenvalue weighted by atomic mass is 16.7. The lowest BCUT2D eigenvalue weighted by molar-refractivity contribution is -0.129. The van der Waals surface area contributed by atoms with Crippen molar-refractivity contribution in [2.75, 3.05) is 34.5 Å². The predicted octanol–water partition coefficient (Wildman–Crippen LogP) is 5.50. The topological polar surface area (TPSA) is 204 Å². The van der Waals surface area contributed by atoms with Crippen molar-refractivity contribution in [1.82, 2.24) is 0 Å². The Labute approximate surface area is 354 Å². The Kier molecular flexibility index (Phi) is 13.7. The molecule has 322 valence electrons. The maximum atomic E-state index is 13.4. The van der Waals surface area contributed by atoms with Crippen molar-refractivity contribution >= 4 is 35.8 Å². The number of aryl methyl sites for hydroxylation is 2. The standard InChI is InChI=1S/C45H40O17/c1-8-38(46)59-31-15-10-25(16-23(31)3)42(48)57-26-11-13-28(33(18-26)52-5)43(49)61-36-21-55-41-37(22-56-40(36)41)62-44(50)29-14-12-27(19-34(29)53-6)58-45(51)30-17-24(4)32(20-35(30)54-7)60-39(47)9-2/h8-20,36-37,40-41H,1-2,21-22H2,3-7H3/t36-,37-,40-,41-/m1/s1. The third-order valence-corrected chi connectivity index (χ3v) is 9.57. The summed E-state index contributed by atoms with van der Waals surface area (Å²) < 4.78 is 60.8. The van der Waals surface area contributed by atoms with Crippen LogP contribution in [0.1, 0.15) is 52.6 Å². The van der Waals surface area contributed by atoms with Gasteiger partial charge >= 0.3 is 35.8 Å². The average Bonchev–Trinajstić information content (AvgIpc) is 3.86. The second-order valence-electron chi connectivity index (χ2n) is 13.5. The van der Waals surface area contributed by atoms with Crippen molar-refractivity contribution < 1.29 is 80.9 Å². The van der Waals surface area contributed by atoms with E-state index in [9.17, 15) is 28.8 Å². The minimum absolute atomic E-state index is 0.0133. The van der Waals surface area contributed by atoms with Gasteiger partial charge in [0.25, 0.3) is 0 Å². The zero-order valence-electron chi connectivity index (χ0n) is 34.1. The zero-order valence-corrected chi connectivity index (χ0v) is 34.1. The van der Waals surface area contributed by atoms with E-state index in [0.29, 0.717) is 11.1 Å². The Hall–Kier alpha value is -7.50. The largest absolute Gasteiger partial charge is 0.496 e. The van der Waals surface area contributed by atoms with Crippen molar-refractivity contribution in [3.8, 4) is 40.2 Å². The number of carbonyl (C=O) groups is 6. The van der Waals surface area contributed by atoms with E-state index in [1.54, 1.807) is 13.8 Å². The maximum absolute atomic E-state index is 13.4. The molecular weight excluding hydrogens is 812 g/mol. The normalized spacial score (nSPS) is 17.4. The van der Waals surface area contributed by atoms with Gasteiger partial charge in [0.05, 0.1) is 40.1 Å². The van der Waals surface area contributed by atoms with Crippen LogP contribution in [0.25, 0.3) is 0 Å². The average molecular weight is 853 g/mol. The van der Waals surface area contributed by atoms with Crippen LogP contribution in [0.5, 0.6) is 40.2 Å². The molecular formula is C45H40O17. The Balaban J connectivity index is 1.05. The summed E-state index contributed by atoms with van der Waals surface area (Å²) in [6, 6.07) is 15.4. The Morgan fingerprint density at radius 2 is 0.984 bits per heavy atom. The number of fused-ring (bicyclic) bond motifs is 1. The highest BCUT2D eigenvalue weighted by Gasteiger charge is 2.51. The fourth-order valence-corrected chi connectivity index (χ4v) is 6.47. The minimum Gasteiger partial charge on any atom is -0.496 e. The van der Waals surface area contributed by atoms with Crippen molar-refractivity contribution in [3.63, 3.8) is 0 Å². The lowest BCUT2D eigenvalue weighted by Crippen LogP contribution is -2.36. The molecule has 0 radical (unpaired) electrons. The summed E-state index contributed by atoms with van der Waals surface area (Å²) in [6.07, 6.45) is -1.28. The van der Waals surface area contributed by atoms with Gasteiger partial charge in [-0.15, -0.1) is 0 Å². The fourth-order valence-electron chi connectivity index (χ4n) is 6.47. The first-order valence-electron chi connectivity index (χ1n) is 18.7. The summed E-state index contributed by atoms with van der Waals surface area (Å²) in [7, 11) is 3.99. The van der Waals surface area contributed by atoms with Crippen LogP contribution in [0.3, 0.4) is 0 Å². The van der Waals surface area contributed by atoms with E-state index in [1.165, 1.54) is 88.1 Å². The van der Waals surface area contributed by atoms with E-state index in [0.717, 1.165) is 12.2 Å². The predicted molar refractivity (Wildman–Crippen MR) is 214 cm³/mol. The van der Waals surface area contributed by atoms with Crippen molar-refractivity contribution in [2.24, 2.45) is 0 Å². The van der Waals surface area contributed by atoms with Gasteiger partial charge in [0.2, 0.25) is 0 Å². The number of esters is 6. The summed E-state index contributed by atoms with van der Waals surface area (Å²) in [5, 5.41) is 0. The summed E-state index contributed by atoms with van der Waals surface area (Å²) in [5.41, 5.74) is 1.24. The molecule has 2 aliphatic heterocycles. The van der Waals surface area contributed by atoms with Crippen molar-refractivity contribution in [2.45, 2.75) is 38.3 Å². The maximum Gasteiger partial charge on any atom is 0.347 e. The first-order chi connectivity index (χ1) is 29.8. The molecule has 6 rings (SSSR count). The molecule has 2 fully saturated rings. The van der Waals surface area contributed by atoms with Gasteiger partial charge in [0.1, 0.15) is 69.1 Å². The van der Waals surface area contributed by atoms with Crippen LogP contribution in [0.15, 0.2) is 92.0 Å². The van der Waals surface area contributed by atoms with Gasteiger partial charge in [-0.05, 0) is 73.5 Å². The second-order valence-corrected chi connectivity index (χ2v) is 13.5. The van der Waals surface area contributed by atoms with Crippen LogP contribution >= 0.6 is 0 Å². The fraction of sp³-hybridized carbons (Fsp3) is 0.244. The molecule has 17 nitrogen and oxygen atoms in total. The van der Waals surface area contributed by atoms with Gasteiger partial charge in [-0.2, -0.15) is 0 Å². The lowest BCUT2D eigenvalue weighted by Gasteiger charge is -2.18. The number of ether oxygens (including phenoxy) is 11. The lowest BCUT2D eigenvalue weighted by atomic mass is 10.1. The molecule has 4 aromatic carbocycles. The molecule has 17 heteroatoms. The van der Waals surface area contributed by atoms with Crippen molar-refractivity contribution in [3.05, 3.63) is 125 Å². The van der Waals surface area contributed by atoms with Crippen LogP contribution in [0.2, 0.25) is 0 Å². The monoisotopic (exact) mass is 852 g/mol. The van der Waals surface area contributed by atoms with E-state index >= 15 is 0 Å². The molecule has 0 amide bonds. The van der Waals surface area contributed by atoms with Crippen LogP contribution in [0, 0.1) is 13.8 Å². The molecule has 0 aliphatic carbocycles. The Bertz CT molecular complexity index is 2450. The Morgan fingerprint density at radius 3 is 1.47 bits per heavy atom. The highest BCUT2D eigenvalue weighted by molar-refractivity contribution is 5.97. The molecule has 2 heterocycles. The molecule has 0 spiro atoms. The SMILES string of the molecule is C=CC(=O)Oc1ccc(C(=O)Oc2ccc(C(=O)O[C@@H]3CO[C@H]4[C@@H]3OC[C@H]4OC(=O)c3ccc(OC(=O)c4cc(C)c(OC(=O)C=C)cc4OC)cc3OC)c(OC)c2)cc1C. The highest BCUT2D eigenvalue weighted by Crippen LogP contribution is 2.35. The molecule has 4 atom stereocenters. The van der Waals surface area contributed by atoms with Crippen LogP contribution < -0.4 is 33.2 Å². The van der Waals surface area contributed by atoms with E-state index in [2.05, 4.69) is 13.2 Å². The first-order valence-corrected chi connectivity index (χ1v) is 18.7. The van der Waals surface area contributed by atoms with Crippen LogP contribution in [-0.4, -0.2) is 94.8 Å². The zero-order chi connectivity index (χ0) is 44.7. The summed E-state index contributed by atoms with van der Waals surface area (Å²) >= 11 is 0. The number of methoxy groups -OCH3 is 3. The number of benzene rings is 4. The molecule has 2 saturated heterocycles. The summed E-state index contributed by atoms with van der Waals surface area (Å²) in [6.45, 7) is 9.90. The van der Waals surface area contributed by atoms with E-state index in [-0.39, 0.29) is 75.7 Å². The molecule has 0 saturated carbocycles. The van der Waals surface area contributed by atoms with Gasteiger partial charge in [-0.1, -0.05) is 13.2 Å². The molecule has 0 N–H and O–H groups in total. The van der Waals surface area contributed by atoms with Gasteiger partial charge in [0.15, 0.2) is 12.2 Å².